The molecular weight excluding hydrogens is 380 g/mol. The van der Waals surface area contributed by atoms with E-state index in [-0.39, 0.29) is 11.5 Å². The number of ether oxygens (including phenoxy) is 2. The quantitative estimate of drug-likeness (QED) is 0.662. The highest BCUT2D eigenvalue weighted by molar-refractivity contribution is 9.10. The van der Waals surface area contributed by atoms with E-state index in [0.29, 0.717) is 34.3 Å². The van der Waals surface area contributed by atoms with Gasteiger partial charge in [-0.15, -0.1) is 0 Å². The Labute approximate surface area is 148 Å². The number of halogens is 1. The third-order valence-corrected chi connectivity index (χ3v) is 4.13. The molecule has 0 bridgehead atoms. The Morgan fingerprint density at radius 3 is 2.75 bits per heavy atom. The monoisotopic (exact) mass is 398 g/mol. The lowest BCUT2D eigenvalue weighted by Gasteiger charge is -2.28. The molecule has 0 saturated heterocycles. The fourth-order valence-electron chi connectivity index (χ4n) is 2.40. The smallest absolute Gasteiger partial charge is 0.338 e. The maximum atomic E-state index is 12.4. The van der Waals surface area contributed by atoms with Gasteiger partial charge in [-0.2, -0.15) is 0 Å². The van der Waals surface area contributed by atoms with Crippen molar-refractivity contribution in [2.45, 2.75) is 26.3 Å². The van der Waals surface area contributed by atoms with Crippen LogP contribution in [0.15, 0.2) is 27.9 Å². The highest BCUT2D eigenvalue weighted by Gasteiger charge is 2.33. The zero-order chi connectivity index (χ0) is 17.9. The van der Waals surface area contributed by atoms with E-state index in [2.05, 4.69) is 26.6 Å². The van der Waals surface area contributed by atoms with Gasteiger partial charge >= 0.3 is 12.0 Å². The lowest BCUT2D eigenvalue weighted by atomic mass is 9.95. The highest BCUT2D eigenvalue weighted by Crippen LogP contribution is 2.39. The molecule has 1 aromatic rings. The minimum Gasteiger partial charge on any atom is -0.503 e. The molecule has 0 saturated carbocycles. The van der Waals surface area contributed by atoms with Gasteiger partial charge in [-0.1, -0.05) is 6.92 Å². The maximum Gasteiger partial charge on any atom is 0.338 e. The lowest BCUT2D eigenvalue weighted by molar-refractivity contribution is -0.139. The van der Waals surface area contributed by atoms with Crippen LogP contribution in [0.5, 0.6) is 11.5 Å². The van der Waals surface area contributed by atoms with Crippen LogP contribution in [0.1, 0.15) is 31.9 Å². The van der Waals surface area contributed by atoms with Crippen molar-refractivity contribution < 1.29 is 24.2 Å². The Morgan fingerprint density at radius 2 is 2.12 bits per heavy atom. The Kier molecular flexibility index (Phi) is 5.71. The fourth-order valence-corrected chi connectivity index (χ4v) is 2.86. The van der Waals surface area contributed by atoms with E-state index in [1.165, 1.54) is 7.11 Å². The third kappa shape index (κ3) is 3.64. The Hall–Kier alpha value is -2.22. The van der Waals surface area contributed by atoms with Crippen LogP contribution in [0, 0.1) is 0 Å². The molecule has 0 aliphatic carbocycles. The van der Waals surface area contributed by atoms with Crippen LogP contribution in [-0.2, 0) is 9.53 Å². The summed E-state index contributed by atoms with van der Waals surface area (Å²) in [6.45, 7) is 3.83. The van der Waals surface area contributed by atoms with Crippen molar-refractivity contribution in [2.24, 2.45) is 0 Å². The molecule has 2 amide bonds. The standard InChI is InChI=1S/C16H19BrN2O5/c1-4-5-24-15(21)12-8(2)18-16(22)19-13(12)9-6-10(17)14(20)11(7-9)23-3/h6-7,13,20H,4-5H2,1-3H3,(H2,18,19,22)/t13-/m1/s1. The molecule has 0 radical (unpaired) electrons. The predicted molar refractivity (Wildman–Crippen MR) is 90.7 cm³/mol. The molecule has 1 aromatic carbocycles. The van der Waals surface area contributed by atoms with Crippen molar-refractivity contribution in [3.63, 3.8) is 0 Å². The second kappa shape index (κ2) is 7.57. The molecule has 7 nitrogen and oxygen atoms in total. The van der Waals surface area contributed by atoms with Crippen molar-refractivity contribution in [3.05, 3.63) is 33.4 Å². The minimum absolute atomic E-state index is 0.0580. The topological polar surface area (TPSA) is 96.9 Å². The first-order valence-corrected chi connectivity index (χ1v) is 8.20. The van der Waals surface area contributed by atoms with Crippen LogP contribution in [0.2, 0.25) is 0 Å². The Balaban J connectivity index is 2.49. The molecule has 130 valence electrons. The number of rotatable bonds is 5. The highest BCUT2D eigenvalue weighted by atomic mass is 79.9. The number of benzene rings is 1. The summed E-state index contributed by atoms with van der Waals surface area (Å²) in [5.41, 5.74) is 1.31. The summed E-state index contributed by atoms with van der Waals surface area (Å²) >= 11 is 3.24. The normalized spacial score (nSPS) is 17.2. The summed E-state index contributed by atoms with van der Waals surface area (Å²) in [7, 11) is 1.42. The number of phenolic OH excluding ortho intramolecular Hbond substituents is 1. The largest absolute Gasteiger partial charge is 0.503 e. The van der Waals surface area contributed by atoms with Gasteiger partial charge in [0.15, 0.2) is 11.5 Å². The molecule has 1 heterocycles. The Morgan fingerprint density at radius 1 is 1.42 bits per heavy atom. The van der Waals surface area contributed by atoms with Gasteiger partial charge in [-0.3, -0.25) is 0 Å². The van der Waals surface area contributed by atoms with Gasteiger partial charge < -0.3 is 25.2 Å². The second-order valence-corrected chi connectivity index (χ2v) is 6.11. The van der Waals surface area contributed by atoms with Crippen molar-refractivity contribution in [2.75, 3.05) is 13.7 Å². The number of carbonyl (C=O) groups excluding carboxylic acids is 2. The van der Waals surface area contributed by atoms with Crippen LogP contribution in [0.25, 0.3) is 0 Å². The van der Waals surface area contributed by atoms with Gasteiger partial charge in [0.25, 0.3) is 0 Å². The predicted octanol–water partition coefficient (Wildman–Crippen LogP) is 2.74. The van der Waals surface area contributed by atoms with Crippen molar-refractivity contribution in [1.29, 1.82) is 0 Å². The molecule has 0 aromatic heterocycles. The van der Waals surface area contributed by atoms with Crippen LogP contribution in [0.4, 0.5) is 4.79 Å². The minimum atomic E-state index is -0.714. The molecule has 3 N–H and O–H groups in total. The Bertz CT molecular complexity index is 702. The van der Waals surface area contributed by atoms with Gasteiger partial charge in [0.1, 0.15) is 0 Å². The molecule has 1 atom stereocenters. The lowest BCUT2D eigenvalue weighted by Crippen LogP contribution is -2.45. The van der Waals surface area contributed by atoms with E-state index in [1.54, 1.807) is 19.1 Å². The molecule has 2 rings (SSSR count). The number of carbonyl (C=O) groups is 2. The van der Waals surface area contributed by atoms with Crippen molar-refractivity contribution >= 4 is 27.9 Å². The van der Waals surface area contributed by atoms with Gasteiger partial charge in [0, 0.05) is 5.70 Å². The fraction of sp³-hybridized carbons (Fsp3) is 0.375. The number of hydrogen-bond donors (Lipinski definition) is 3. The number of nitrogens with one attached hydrogen (secondary N) is 2. The van der Waals surface area contributed by atoms with Gasteiger partial charge in [0.2, 0.25) is 0 Å². The first kappa shape index (κ1) is 18.1. The van der Waals surface area contributed by atoms with Gasteiger partial charge in [-0.05, 0) is 47.0 Å². The van der Waals surface area contributed by atoms with E-state index in [9.17, 15) is 14.7 Å². The molecule has 0 fully saturated rings. The second-order valence-electron chi connectivity index (χ2n) is 5.26. The summed E-state index contributed by atoms with van der Waals surface area (Å²) in [6, 6.07) is 2.05. The number of amides is 2. The zero-order valence-electron chi connectivity index (χ0n) is 13.6. The summed E-state index contributed by atoms with van der Waals surface area (Å²) in [5, 5.41) is 15.2. The van der Waals surface area contributed by atoms with Crippen LogP contribution in [-0.4, -0.2) is 30.8 Å². The van der Waals surface area contributed by atoms with Crippen LogP contribution in [0.3, 0.4) is 0 Å². The maximum absolute atomic E-state index is 12.4. The third-order valence-electron chi connectivity index (χ3n) is 3.53. The SMILES string of the molecule is CCCOC(=O)C1=C(C)NC(=O)N[C@@H]1c1cc(Br)c(O)c(OC)c1. The van der Waals surface area contributed by atoms with Gasteiger partial charge in [-0.25, -0.2) is 9.59 Å². The molecule has 8 heteroatoms. The molecule has 0 unspecified atom stereocenters. The number of aromatic hydroxyl groups is 1. The number of urea groups is 1. The average Bonchev–Trinajstić information content (AvgIpc) is 2.54. The summed E-state index contributed by atoms with van der Waals surface area (Å²) in [5.74, 6) is -0.335. The van der Waals surface area contributed by atoms with E-state index in [4.69, 9.17) is 9.47 Å². The number of methoxy groups -OCH3 is 1. The number of phenols is 1. The molecular formula is C16H19BrN2O5. The van der Waals surface area contributed by atoms with Crippen molar-refractivity contribution in [3.8, 4) is 11.5 Å². The number of allylic oxidation sites excluding steroid dienone is 1. The van der Waals surface area contributed by atoms with E-state index >= 15 is 0 Å². The summed E-state index contributed by atoms with van der Waals surface area (Å²) < 4.78 is 10.7. The summed E-state index contributed by atoms with van der Waals surface area (Å²) in [4.78, 5) is 24.2. The van der Waals surface area contributed by atoms with E-state index in [0.717, 1.165) is 0 Å². The first-order chi connectivity index (χ1) is 11.4. The molecule has 0 spiro atoms. The van der Waals surface area contributed by atoms with Crippen LogP contribution < -0.4 is 15.4 Å². The molecule has 24 heavy (non-hydrogen) atoms. The number of hydrogen-bond acceptors (Lipinski definition) is 5. The van der Waals surface area contributed by atoms with Gasteiger partial charge in [0.05, 0.1) is 29.8 Å². The first-order valence-electron chi connectivity index (χ1n) is 7.40. The van der Waals surface area contributed by atoms with Crippen molar-refractivity contribution in [1.82, 2.24) is 10.6 Å². The molecule has 1 aliphatic rings. The average molecular weight is 399 g/mol. The zero-order valence-corrected chi connectivity index (χ0v) is 15.2. The van der Waals surface area contributed by atoms with E-state index < -0.39 is 18.0 Å². The summed E-state index contributed by atoms with van der Waals surface area (Å²) in [6.07, 6.45) is 0.696. The van der Waals surface area contributed by atoms with Crippen LogP contribution >= 0.6 is 15.9 Å². The molecule has 1 aliphatic heterocycles. The van der Waals surface area contributed by atoms with E-state index in [1.807, 2.05) is 6.92 Å². The number of esters is 1.